The second-order valence-electron chi connectivity index (χ2n) is 7.47. The van der Waals surface area contributed by atoms with Crippen LogP contribution in [-0.4, -0.2) is 51.0 Å². The van der Waals surface area contributed by atoms with Gasteiger partial charge in [0, 0.05) is 25.0 Å². The van der Waals surface area contributed by atoms with Gasteiger partial charge in [0.15, 0.2) is 0 Å². The second kappa shape index (κ2) is 7.66. The lowest BCUT2D eigenvalue weighted by atomic mass is 10.0. The maximum atomic E-state index is 13.1. The van der Waals surface area contributed by atoms with Gasteiger partial charge in [-0.1, -0.05) is 18.6 Å². The van der Waals surface area contributed by atoms with Gasteiger partial charge >= 0.3 is 0 Å². The zero-order chi connectivity index (χ0) is 18.8. The van der Waals surface area contributed by atoms with Crippen LogP contribution in [-0.2, 0) is 19.3 Å². The summed E-state index contributed by atoms with van der Waals surface area (Å²) in [6.45, 7) is 3.57. The summed E-state index contributed by atoms with van der Waals surface area (Å²) in [4.78, 5) is 19.6. The molecule has 1 amide bonds. The standard InChI is InChI=1S/C20H27N5O2/c1-3-5-15-13-25(23-22-15)16-8-10-24(11-9-16)20(26)17-12-14-6-4-7-18(14)21-19(17)27-2/h12-13,16H,3-11H2,1-2H3. The van der Waals surface area contributed by atoms with Crippen LogP contribution < -0.4 is 4.74 Å². The highest BCUT2D eigenvalue weighted by Crippen LogP contribution is 2.29. The highest BCUT2D eigenvalue weighted by Gasteiger charge is 2.28. The van der Waals surface area contributed by atoms with E-state index in [2.05, 4.69) is 28.4 Å². The fourth-order valence-corrected chi connectivity index (χ4v) is 4.13. The highest BCUT2D eigenvalue weighted by atomic mass is 16.5. The number of hydrogen-bond acceptors (Lipinski definition) is 5. The highest BCUT2D eigenvalue weighted by molar-refractivity contribution is 5.96. The molecule has 0 unspecified atom stereocenters. The van der Waals surface area contributed by atoms with Gasteiger partial charge in [-0.05, 0) is 50.2 Å². The minimum atomic E-state index is 0.0257. The number of nitrogens with zero attached hydrogens (tertiary/aromatic N) is 5. The van der Waals surface area contributed by atoms with Crippen molar-refractivity contribution >= 4 is 5.91 Å². The number of rotatable bonds is 5. The molecule has 1 aliphatic carbocycles. The molecule has 7 heteroatoms. The summed E-state index contributed by atoms with van der Waals surface area (Å²) in [6.07, 6.45) is 8.95. The largest absolute Gasteiger partial charge is 0.480 e. The molecule has 27 heavy (non-hydrogen) atoms. The first-order valence-corrected chi connectivity index (χ1v) is 9.96. The van der Waals surface area contributed by atoms with E-state index in [9.17, 15) is 4.79 Å². The van der Waals surface area contributed by atoms with Gasteiger partial charge in [-0.15, -0.1) is 5.10 Å². The average molecular weight is 369 g/mol. The number of carbonyl (C=O) groups is 1. The van der Waals surface area contributed by atoms with Crippen LogP contribution in [0, 0.1) is 0 Å². The lowest BCUT2D eigenvalue weighted by molar-refractivity contribution is 0.0685. The van der Waals surface area contributed by atoms with Crippen molar-refractivity contribution in [1.29, 1.82) is 0 Å². The number of amides is 1. The Balaban J connectivity index is 1.44. The monoisotopic (exact) mass is 369 g/mol. The number of pyridine rings is 1. The van der Waals surface area contributed by atoms with E-state index in [-0.39, 0.29) is 5.91 Å². The van der Waals surface area contributed by atoms with Crippen molar-refractivity contribution in [3.05, 3.63) is 34.8 Å². The van der Waals surface area contributed by atoms with E-state index < -0.39 is 0 Å². The van der Waals surface area contributed by atoms with Crippen LogP contribution in [0.25, 0.3) is 0 Å². The first-order chi connectivity index (χ1) is 13.2. The van der Waals surface area contributed by atoms with Crippen LogP contribution in [0.1, 0.15) is 66.0 Å². The smallest absolute Gasteiger partial charge is 0.259 e. The fourth-order valence-electron chi connectivity index (χ4n) is 4.13. The molecule has 0 spiro atoms. The van der Waals surface area contributed by atoms with Crippen molar-refractivity contribution in [2.45, 2.75) is 57.9 Å². The Morgan fingerprint density at radius 1 is 1.30 bits per heavy atom. The van der Waals surface area contributed by atoms with Crippen LogP contribution in [0.5, 0.6) is 5.88 Å². The summed E-state index contributed by atoms with van der Waals surface area (Å²) in [7, 11) is 1.59. The SMILES string of the molecule is CCCc1cn(C2CCN(C(=O)c3cc4c(nc3OC)CCC4)CC2)nn1. The minimum Gasteiger partial charge on any atom is -0.480 e. The fraction of sp³-hybridized carbons (Fsp3) is 0.600. The number of aryl methyl sites for hydroxylation is 3. The number of piperidine rings is 1. The van der Waals surface area contributed by atoms with Gasteiger partial charge in [0.2, 0.25) is 5.88 Å². The molecule has 1 aliphatic heterocycles. The topological polar surface area (TPSA) is 73.1 Å². The quantitative estimate of drug-likeness (QED) is 0.810. The van der Waals surface area contributed by atoms with Crippen LogP contribution in [0.3, 0.4) is 0 Å². The van der Waals surface area contributed by atoms with Crippen molar-refractivity contribution in [1.82, 2.24) is 24.9 Å². The molecule has 144 valence electrons. The molecule has 0 N–H and O–H groups in total. The molecule has 1 saturated heterocycles. The van der Waals surface area contributed by atoms with Gasteiger partial charge in [0.1, 0.15) is 5.56 Å². The number of carbonyl (C=O) groups excluding carboxylic acids is 1. The molecule has 2 aliphatic rings. The lowest BCUT2D eigenvalue weighted by Gasteiger charge is -2.32. The van der Waals surface area contributed by atoms with E-state index in [0.717, 1.165) is 56.3 Å². The number of aromatic nitrogens is 4. The summed E-state index contributed by atoms with van der Waals surface area (Å²) in [5, 5.41) is 8.53. The maximum Gasteiger partial charge on any atom is 0.259 e. The summed E-state index contributed by atoms with van der Waals surface area (Å²) in [5.74, 6) is 0.487. The van der Waals surface area contributed by atoms with Gasteiger partial charge in [0.25, 0.3) is 5.91 Å². The third-order valence-corrected chi connectivity index (χ3v) is 5.63. The Morgan fingerprint density at radius 3 is 2.85 bits per heavy atom. The van der Waals surface area contributed by atoms with Crippen molar-refractivity contribution in [2.75, 3.05) is 20.2 Å². The van der Waals surface area contributed by atoms with Crippen molar-refractivity contribution in [2.24, 2.45) is 0 Å². The van der Waals surface area contributed by atoms with E-state index in [0.29, 0.717) is 30.6 Å². The molecule has 0 aromatic carbocycles. The van der Waals surface area contributed by atoms with E-state index in [1.807, 2.05) is 15.6 Å². The molecule has 4 rings (SSSR count). The molecule has 2 aromatic heterocycles. The molecule has 1 fully saturated rings. The number of methoxy groups -OCH3 is 1. The van der Waals surface area contributed by atoms with Crippen LogP contribution in [0.15, 0.2) is 12.3 Å². The third kappa shape index (κ3) is 3.55. The molecule has 3 heterocycles. The van der Waals surface area contributed by atoms with E-state index in [1.54, 1.807) is 7.11 Å². The molecule has 0 radical (unpaired) electrons. The maximum absolute atomic E-state index is 13.1. The van der Waals surface area contributed by atoms with Crippen molar-refractivity contribution < 1.29 is 9.53 Å². The van der Waals surface area contributed by atoms with Gasteiger partial charge in [-0.3, -0.25) is 4.79 Å². The Morgan fingerprint density at radius 2 is 2.11 bits per heavy atom. The van der Waals surface area contributed by atoms with Crippen LogP contribution in [0.2, 0.25) is 0 Å². The van der Waals surface area contributed by atoms with Crippen molar-refractivity contribution in [3.63, 3.8) is 0 Å². The summed E-state index contributed by atoms with van der Waals surface area (Å²) in [5.41, 5.74) is 3.92. The number of likely N-dealkylation sites (tertiary alicyclic amines) is 1. The molecule has 2 aromatic rings. The molecule has 7 nitrogen and oxygen atoms in total. The van der Waals surface area contributed by atoms with E-state index in [4.69, 9.17) is 4.74 Å². The second-order valence-corrected chi connectivity index (χ2v) is 7.47. The first kappa shape index (κ1) is 17.9. The number of ether oxygens (including phenoxy) is 1. The average Bonchev–Trinajstić information content (AvgIpc) is 3.35. The predicted octanol–water partition coefficient (Wildman–Crippen LogP) is 2.60. The zero-order valence-electron chi connectivity index (χ0n) is 16.1. The van der Waals surface area contributed by atoms with Crippen LogP contribution >= 0.6 is 0 Å². The summed E-state index contributed by atoms with van der Waals surface area (Å²) < 4.78 is 7.39. The van der Waals surface area contributed by atoms with E-state index in [1.165, 1.54) is 5.56 Å². The lowest BCUT2D eigenvalue weighted by Crippen LogP contribution is -2.39. The number of fused-ring (bicyclic) bond motifs is 1. The van der Waals surface area contributed by atoms with Crippen LogP contribution in [0.4, 0.5) is 0 Å². The first-order valence-electron chi connectivity index (χ1n) is 9.96. The summed E-state index contributed by atoms with van der Waals surface area (Å²) in [6, 6.07) is 2.31. The third-order valence-electron chi connectivity index (χ3n) is 5.63. The molecular formula is C20H27N5O2. The molecular weight excluding hydrogens is 342 g/mol. The van der Waals surface area contributed by atoms with Gasteiger partial charge < -0.3 is 9.64 Å². The summed E-state index contributed by atoms with van der Waals surface area (Å²) >= 11 is 0. The Hall–Kier alpha value is -2.44. The molecule has 0 bridgehead atoms. The Kier molecular flexibility index (Phi) is 5.09. The Bertz CT molecular complexity index is 824. The molecule has 0 atom stereocenters. The van der Waals surface area contributed by atoms with Crippen molar-refractivity contribution in [3.8, 4) is 5.88 Å². The van der Waals surface area contributed by atoms with Gasteiger partial charge in [-0.25, -0.2) is 9.67 Å². The predicted molar refractivity (Wildman–Crippen MR) is 101 cm³/mol. The van der Waals surface area contributed by atoms with Gasteiger partial charge in [-0.2, -0.15) is 0 Å². The number of hydrogen-bond donors (Lipinski definition) is 0. The normalized spacial score (nSPS) is 17.2. The molecule has 0 saturated carbocycles. The zero-order valence-corrected chi connectivity index (χ0v) is 16.1. The van der Waals surface area contributed by atoms with E-state index >= 15 is 0 Å². The minimum absolute atomic E-state index is 0.0257. The van der Waals surface area contributed by atoms with Gasteiger partial charge in [0.05, 0.1) is 18.8 Å². The Labute approximate surface area is 159 Å².